The lowest BCUT2D eigenvalue weighted by molar-refractivity contribution is -0.136. The van der Waals surface area contributed by atoms with E-state index < -0.39 is 0 Å². The average molecular weight is 304 g/mol. The summed E-state index contributed by atoms with van der Waals surface area (Å²) in [5.74, 6) is 1.43. The van der Waals surface area contributed by atoms with Crippen LogP contribution in [0.1, 0.15) is 24.8 Å². The van der Waals surface area contributed by atoms with Crippen LogP contribution in [0.2, 0.25) is 0 Å². The van der Waals surface area contributed by atoms with Crippen LogP contribution in [0.25, 0.3) is 0 Å². The molecule has 0 unspecified atom stereocenters. The number of methoxy groups -OCH3 is 1. The molecule has 2 fully saturated rings. The zero-order valence-corrected chi connectivity index (χ0v) is 13.2. The van der Waals surface area contributed by atoms with Gasteiger partial charge in [-0.3, -0.25) is 4.79 Å². The first-order chi connectivity index (χ1) is 10.7. The Labute approximate surface area is 131 Å². The van der Waals surface area contributed by atoms with Crippen molar-refractivity contribution in [3.63, 3.8) is 0 Å². The van der Waals surface area contributed by atoms with Gasteiger partial charge in [-0.15, -0.1) is 0 Å². The van der Waals surface area contributed by atoms with Gasteiger partial charge in [0.1, 0.15) is 11.8 Å². The largest absolute Gasteiger partial charge is 0.497 e. The van der Waals surface area contributed by atoms with Gasteiger partial charge in [0.25, 0.3) is 0 Å². The second-order valence-corrected chi connectivity index (χ2v) is 6.13. The fraction of sp³-hybridized carbons (Fsp3) is 0.588. The molecule has 1 aromatic rings. The molecule has 22 heavy (non-hydrogen) atoms. The van der Waals surface area contributed by atoms with E-state index >= 15 is 0 Å². The van der Waals surface area contributed by atoms with E-state index in [0.29, 0.717) is 19.1 Å². The third kappa shape index (κ3) is 3.10. The number of benzene rings is 1. The van der Waals surface area contributed by atoms with Gasteiger partial charge < -0.3 is 19.7 Å². The minimum Gasteiger partial charge on any atom is -0.497 e. The van der Waals surface area contributed by atoms with Crippen molar-refractivity contribution < 1.29 is 14.3 Å². The van der Waals surface area contributed by atoms with Crippen molar-refractivity contribution in [3.05, 3.63) is 29.8 Å². The van der Waals surface area contributed by atoms with E-state index in [0.717, 1.165) is 25.3 Å². The number of ether oxygens (including phenoxy) is 2. The molecule has 1 N–H and O–H groups in total. The average Bonchev–Trinajstić information content (AvgIpc) is 2.97. The molecular formula is C17H24N2O3. The van der Waals surface area contributed by atoms with Crippen molar-refractivity contribution in [2.75, 3.05) is 33.4 Å². The maximum Gasteiger partial charge on any atom is 0.242 e. The van der Waals surface area contributed by atoms with Crippen molar-refractivity contribution in [1.29, 1.82) is 0 Å². The summed E-state index contributed by atoms with van der Waals surface area (Å²) in [5.41, 5.74) is 1.27. The van der Waals surface area contributed by atoms with Crippen molar-refractivity contribution in [1.82, 2.24) is 10.2 Å². The van der Waals surface area contributed by atoms with Gasteiger partial charge in [0.2, 0.25) is 5.91 Å². The maximum atomic E-state index is 12.7. The lowest BCUT2D eigenvalue weighted by Gasteiger charge is -2.29. The number of nitrogens with one attached hydrogen (secondary N) is 1. The van der Waals surface area contributed by atoms with Crippen LogP contribution in [-0.2, 0) is 9.53 Å². The van der Waals surface area contributed by atoms with Crippen molar-refractivity contribution in [2.45, 2.75) is 31.3 Å². The minimum atomic E-state index is -0.189. The van der Waals surface area contributed by atoms with E-state index in [1.807, 2.05) is 17.0 Å². The summed E-state index contributed by atoms with van der Waals surface area (Å²) in [6.07, 6.45) is 1.01. The number of hydrogen-bond acceptors (Lipinski definition) is 4. The molecule has 1 amide bonds. The van der Waals surface area contributed by atoms with Gasteiger partial charge in [-0.1, -0.05) is 12.1 Å². The van der Waals surface area contributed by atoms with Crippen LogP contribution < -0.4 is 10.1 Å². The van der Waals surface area contributed by atoms with Gasteiger partial charge in [-0.2, -0.15) is 0 Å². The second-order valence-electron chi connectivity index (χ2n) is 6.13. The zero-order chi connectivity index (χ0) is 15.5. The van der Waals surface area contributed by atoms with Crippen LogP contribution in [0.4, 0.5) is 0 Å². The first kappa shape index (κ1) is 15.3. The second kappa shape index (κ2) is 6.67. The molecule has 0 aliphatic carbocycles. The molecule has 0 radical (unpaired) electrons. The Morgan fingerprint density at radius 1 is 1.36 bits per heavy atom. The van der Waals surface area contributed by atoms with Crippen molar-refractivity contribution in [3.8, 4) is 5.75 Å². The molecule has 0 spiro atoms. The number of carbonyl (C=O) groups is 1. The van der Waals surface area contributed by atoms with Gasteiger partial charge in [-0.05, 0) is 31.0 Å². The monoisotopic (exact) mass is 304 g/mol. The van der Waals surface area contributed by atoms with Gasteiger partial charge in [0.15, 0.2) is 0 Å². The molecule has 3 atom stereocenters. The van der Waals surface area contributed by atoms with Crippen LogP contribution in [0, 0.1) is 0 Å². The van der Waals surface area contributed by atoms with Gasteiger partial charge in [0.05, 0.1) is 20.3 Å². The first-order valence-electron chi connectivity index (χ1n) is 7.94. The number of likely N-dealkylation sites (tertiary alicyclic amines) is 1. The van der Waals surface area contributed by atoms with Gasteiger partial charge in [0, 0.05) is 25.0 Å². The Balaban J connectivity index is 1.66. The summed E-state index contributed by atoms with van der Waals surface area (Å²) in [6, 6.07) is 8.26. The molecule has 0 saturated carbocycles. The zero-order valence-electron chi connectivity index (χ0n) is 13.2. The smallest absolute Gasteiger partial charge is 0.242 e. The molecule has 5 nitrogen and oxygen atoms in total. The highest BCUT2D eigenvalue weighted by atomic mass is 16.5. The quantitative estimate of drug-likeness (QED) is 0.917. The number of hydrogen-bond donors (Lipinski definition) is 1. The molecule has 3 rings (SSSR count). The summed E-state index contributed by atoms with van der Waals surface area (Å²) in [6.45, 7) is 4.83. The highest BCUT2D eigenvalue weighted by Crippen LogP contribution is 2.32. The first-order valence-corrected chi connectivity index (χ1v) is 7.94. The predicted molar refractivity (Wildman–Crippen MR) is 84.1 cm³/mol. The molecular weight excluding hydrogens is 280 g/mol. The molecule has 1 aromatic carbocycles. The van der Waals surface area contributed by atoms with Crippen LogP contribution in [0.3, 0.4) is 0 Å². The summed E-state index contributed by atoms with van der Waals surface area (Å²) < 4.78 is 10.6. The van der Waals surface area contributed by atoms with Crippen molar-refractivity contribution >= 4 is 5.91 Å². The predicted octanol–water partition coefficient (Wildman–Crippen LogP) is 1.39. The summed E-state index contributed by atoms with van der Waals surface area (Å²) in [5, 5.41) is 3.25. The molecule has 5 heteroatoms. The Kier molecular flexibility index (Phi) is 4.64. The number of amides is 1. The Morgan fingerprint density at radius 3 is 2.77 bits per heavy atom. The fourth-order valence-electron chi connectivity index (χ4n) is 3.38. The highest BCUT2D eigenvalue weighted by Gasteiger charge is 2.36. The Morgan fingerprint density at radius 2 is 2.14 bits per heavy atom. The lowest BCUT2D eigenvalue weighted by atomic mass is 9.97. The molecule has 2 aliphatic rings. The van der Waals surface area contributed by atoms with Crippen molar-refractivity contribution in [2.24, 2.45) is 0 Å². The SMILES string of the molecule is COc1ccc([C@@H]2C[C@@H](C)N(C(=O)[C@@H]3COCCN3)C2)cc1. The number of nitrogens with zero attached hydrogens (tertiary/aromatic N) is 1. The fourth-order valence-corrected chi connectivity index (χ4v) is 3.38. The van der Waals surface area contributed by atoms with Crippen LogP contribution in [0.15, 0.2) is 24.3 Å². The molecule has 0 bridgehead atoms. The third-order valence-corrected chi connectivity index (χ3v) is 4.66. The van der Waals surface area contributed by atoms with Crippen LogP contribution >= 0.6 is 0 Å². The summed E-state index contributed by atoms with van der Waals surface area (Å²) in [4.78, 5) is 14.7. The number of rotatable bonds is 3. The molecule has 2 saturated heterocycles. The van der Waals surface area contributed by atoms with E-state index in [2.05, 4.69) is 24.4 Å². The Bertz CT molecular complexity index is 511. The third-order valence-electron chi connectivity index (χ3n) is 4.66. The number of morpholine rings is 1. The molecule has 0 aromatic heterocycles. The van der Waals surface area contributed by atoms with Crippen LogP contribution in [0.5, 0.6) is 5.75 Å². The molecule has 120 valence electrons. The van der Waals surface area contributed by atoms with E-state index in [-0.39, 0.29) is 18.0 Å². The van der Waals surface area contributed by atoms with Crippen LogP contribution in [-0.4, -0.2) is 56.3 Å². The van der Waals surface area contributed by atoms with E-state index in [1.165, 1.54) is 5.56 Å². The van der Waals surface area contributed by atoms with E-state index in [9.17, 15) is 4.79 Å². The summed E-state index contributed by atoms with van der Waals surface area (Å²) in [7, 11) is 1.67. The maximum absolute atomic E-state index is 12.7. The topological polar surface area (TPSA) is 50.8 Å². The van der Waals surface area contributed by atoms with Gasteiger partial charge >= 0.3 is 0 Å². The van der Waals surface area contributed by atoms with E-state index in [4.69, 9.17) is 9.47 Å². The molecule has 2 heterocycles. The summed E-state index contributed by atoms with van der Waals surface area (Å²) >= 11 is 0. The molecule has 2 aliphatic heterocycles. The minimum absolute atomic E-state index is 0.170. The Hall–Kier alpha value is -1.59. The van der Waals surface area contributed by atoms with Gasteiger partial charge in [-0.25, -0.2) is 0 Å². The lowest BCUT2D eigenvalue weighted by Crippen LogP contribution is -2.53. The normalized spacial score (nSPS) is 28.6. The number of carbonyl (C=O) groups excluding carboxylic acids is 1. The van der Waals surface area contributed by atoms with E-state index in [1.54, 1.807) is 7.11 Å². The standard InChI is InChI=1S/C17H24N2O3/c1-12-9-14(13-3-5-15(21-2)6-4-13)10-19(12)17(20)16-11-22-8-7-18-16/h3-6,12,14,16,18H,7-11H2,1-2H3/t12-,14-,16+/m1/s1. The highest BCUT2D eigenvalue weighted by molar-refractivity contribution is 5.82.